The van der Waals surface area contributed by atoms with Crippen molar-refractivity contribution in [1.29, 1.82) is 0 Å². The molecule has 0 saturated carbocycles. The Kier molecular flexibility index (Phi) is 2.49. The predicted octanol–water partition coefficient (Wildman–Crippen LogP) is 0.269. The monoisotopic (exact) mass is 235 g/mol. The number of hydrogen-bond donors (Lipinski definition) is 1. The number of carboxylic acid groups (broad SMARTS) is 1. The van der Waals surface area contributed by atoms with E-state index in [4.69, 9.17) is 5.11 Å². The quantitative estimate of drug-likeness (QED) is 0.597. The fourth-order valence-electron chi connectivity index (χ4n) is 1.13. The third-order valence-electron chi connectivity index (χ3n) is 1.87. The predicted molar refractivity (Wildman–Crippen MR) is 52.8 cm³/mol. The Morgan fingerprint density at radius 1 is 1.47 bits per heavy atom. The lowest BCUT2D eigenvalue weighted by Crippen LogP contribution is -2.03. The van der Waals surface area contributed by atoms with Crippen LogP contribution >= 0.6 is 0 Å². The lowest BCUT2D eigenvalue weighted by atomic mass is 10.3. The van der Waals surface area contributed by atoms with Crippen LogP contribution in [0, 0.1) is 10.1 Å². The molecule has 2 aromatic rings. The molecular formula is C8H5N5O4. The minimum absolute atomic E-state index is 0.00755. The molecule has 0 aromatic carbocycles. The van der Waals surface area contributed by atoms with Crippen molar-refractivity contribution in [2.45, 2.75) is 0 Å². The van der Waals surface area contributed by atoms with Crippen LogP contribution in [0.1, 0.15) is 10.4 Å². The Hall–Kier alpha value is -2.84. The second-order valence-electron chi connectivity index (χ2n) is 2.95. The molecule has 0 aliphatic carbocycles. The van der Waals surface area contributed by atoms with Crippen molar-refractivity contribution < 1.29 is 14.8 Å². The molecule has 0 aliphatic heterocycles. The molecule has 9 heteroatoms. The van der Waals surface area contributed by atoms with Crippen molar-refractivity contribution in [3.8, 4) is 5.82 Å². The van der Waals surface area contributed by atoms with Gasteiger partial charge in [0.05, 0.1) is 5.56 Å². The first-order chi connectivity index (χ1) is 8.08. The van der Waals surface area contributed by atoms with Crippen LogP contribution in [-0.2, 0) is 0 Å². The molecule has 2 aromatic heterocycles. The smallest absolute Gasteiger partial charge is 0.478 e. The lowest BCUT2D eigenvalue weighted by Gasteiger charge is -1.96. The van der Waals surface area contributed by atoms with Crippen molar-refractivity contribution in [2.24, 2.45) is 0 Å². The Morgan fingerprint density at radius 3 is 2.82 bits per heavy atom. The number of aromatic nitrogens is 4. The highest BCUT2D eigenvalue weighted by Gasteiger charge is 2.15. The van der Waals surface area contributed by atoms with Gasteiger partial charge in [-0.1, -0.05) is 4.98 Å². The first kappa shape index (κ1) is 10.7. The molecule has 1 N–H and O–H groups in total. The first-order valence-electron chi connectivity index (χ1n) is 4.33. The molecule has 0 unspecified atom stereocenters. The van der Waals surface area contributed by atoms with Gasteiger partial charge in [0.15, 0.2) is 5.82 Å². The summed E-state index contributed by atoms with van der Waals surface area (Å²) in [5, 5.41) is 22.7. The zero-order valence-corrected chi connectivity index (χ0v) is 8.22. The van der Waals surface area contributed by atoms with Gasteiger partial charge in [0.25, 0.3) is 0 Å². The molecule has 2 heterocycles. The standard InChI is InChI=1S/C8H5N5O4/c14-7(15)5-1-2-9-6(3-5)12-4-10-8(11-12)13(16)17/h1-4H,(H,14,15). The average Bonchev–Trinajstić information content (AvgIpc) is 2.78. The largest absolute Gasteiger partial charge is 0.491 e. The number of nitro groups is 1. The summed E-state index contributed by atoms with van der Waals surface area (Å²) >= 11 is 0. The summed E-state index contributed by atoms with van der Waals surface area (Å²) in [5.41, 5.74) is 0.00755. The molecule has 0 atom stereocenters. The first-order valence-corrected chi connectivity index (χ1v) is 4.33. The second kappa shape index (κ2) is 3.96. The molecular weight excluding hydrogens is 230 g/mol. The molecule has 86 valence electrons. The summed E-state index contributed by atoms with van der Waals surface area (Å²) in [6, 6.07) is 2.54. The van der Waals surface area contributed by atoms with E-state index in [0.29, 0.717) is 0 Å². The van der Waals surface area contributed by atoms with Crippen LogP contribution in [0.15, 0.2) is 24.7 Å². The van der Waals surface area contributed by atoms with E-state index in [2.05, 4.69) is 15.1 Å². The van der Waals surface area contributed by atoms with Crippen LogP contribution in [0.4, 0.5) is 5.95 Å². The number of rotatable bonds is 3. The summed E-state index contributed by atoms with van der Waals surface area (Å²) in [4.78, 5) is 27.6. The number of hydrogen-bond acceptors (Lipinski definition) is 6. The van der Waals surface area contributed by atoms with Crippen LogP contribution < -0.4 is 0 Å². The molecule has 0 saturated heterocycles. The molecule has 0 radical (unpaired) electrons. The van der Waals surface area contributed by atoms with E-state index in [1.807, 2.05) is 0 Å². The van der Waals surface area contributed by atoms with Crippen molar-refractivity contribution >= 4 is 11.9 Å². The van der Waals surface area contributed by atoms with E-state index in [0.717, 1.165) is 11.0 Å². The zero-order chi connectivity index (χ0) is 12.4. The Bertz CT molecular complexity index is 593. The Morgan fingerprint density at radius 2 is 2.24 bits per heavy atom. The van der Waals surface area contributed by atoms with Crippen molar-refractivity contribution in [3.63, 3.8) is 0 Å². The van der Waals surface area contributed by atoms with Gasteiger partial charge in [0.2, 0.25) is 6.33 Å². The molecule has 0 spiro atoms. The highest BCUT2D eigenvalue weighted by Crippen LogP contribution is 2.08. The van der Waals surface area contributed by atoms with Gasteiger partial charge in [-0.2, -0.15) is 0 Å². The van der Waals surface area contributed by atoms with Crippen molar-refractivity contribution in [3.05, 3.63) is 40.3 Å². The molecule has 17 heavy (non-hydrogen) atoms. The van der Waals surface area contributed by atoms with Crippen molar-refractivity contribution in [1.82, 2.24) is 19.7 Å². The van der Waals surface area contributed by atoms with Gasteiger partial charge in [-0.15, -0.1) is 4.68 Å². The maximum atomic E-state index is 10.7. The maximum Gasteiger partial charge on any atom is 0.491 e. The summed E-state index contributed by atoms with van der Waals surface area (Å²) in [5.74, 6) is -1.55. The molecule has 9 nitrogen and oxygen atoms in total. The third-order valence-corrected chi connectivity index (χ3v) is 1.87. The minimum Gasteiger partial charge on any atom is -0.478 e. The Labute approximate surface area is 93.5 Å². The fourth-order valence-corrected chi connectivity index (χ4v) is 1.13. The van der Waals surface area contributed by atoms with Crippen LogP contribution in [-0.4, -0.2) is 35.7 Å². The topological polar surface area (TPSA) is 124 Å². The highest BCUT2D eigenvalue weighted by atomic mass is 16.6. The number of pyridine rings is 1. The minimum atomic E-state index is -1.12. The highest BCUT2D eigenvalue weighted by molar-refractivity contribution is 5.87. The summed E-state index contributed by atoms with van der Waals surface area (Å²) in [7, 11) is 0. The number of carboxylic acids is 1. The van der Waals surface area contributed by atoms with Gasteiger partial charge in [0.1, 0.15) is 0 Å². The summed E-state index contributed by atoms with van der Waals surface area (Å²) in [6.45, 7) is 0. The maximum absolute atomic E-state index is 10.7. The number of nitrogens with zero attached hydrogens (tertiary/aromatic N) is 5. The molecule has 2 rings (SSSR count). The second-order valence-corrected chi connectivity index (χ2v) is 2.95. The van der Waals surface area contributed by atoms with Crippen LogP contribution in [0.5, 0.6) is 0 Å². The SMILES string of the molecule is O=C(O)c1ccnc(-n2cnc([N+](=O)[O-])n2)c1. The zero-order valence-electron chi connectivity index (χ0n) is 8.22. The van der Waals surface area contributed by atoms with Gasteiger partial charge in [0, 0.05) is 11.3 Å². The van der Waals surface area contributed by atoms with Crippen LogP contribution in [0.25, 0.3) is 5.82 Å². The number of aromatic carboxylic acids is 1. The van der Waals surface area contributed by atoms with E-state index in [9.17, 15) is 14.9 Å². The summed E-state index contributed by atoms with van der Waals surface area (Å²) in [6.07, 6.45) is 2.36. The fraction of sp³-hybridized carbons (Fsp3) is 0. The van der Waals surface area contributed by atoms with Gasteiger partial charge in [-0.3, -0.25) is 0 Å². The summed E-state index contributed by atoms with van der Waals surface area (Å²) < 4.78 is 1.03. The van der Waals surface area contributed by atoms with E-state index in [-0.39, 0.29) is 11.4 Å². The Balaban J connectivity index is 2.42. The van der Waals surface area contributed by atoms with E-state index >= 15 is 0 Å². The van der Waals surface area contributed by atoms with Gasteiger partial charge in [-0.05, 0) is 17.1 Å². The van der Waals surface area contributed by atoms with Crippen molar-refractivity contribution in [2.75, 3.05) is 0 Å². The molecule has 0 amide bonds. The van der Waals surface area contributed by atoms with Gasteiger partial charge >= 0.3 is 11.9 Å². The number of carbonyl (C=O) groups is 1. The van der Waals surface area contributed by atoms with Gasteiger partial charge < -0.3 is 15.2 Å². The van der Waals surface area contributed by atoms with E-state index < -0.39 is 16.8 Å². The third kappa shape index (κ3) is 2.07. The van der Waals surface area contributed by atoms with E-state index in [1.165, 1.54) is 18.3 Å². The lowest BCUT2D eigenvalue weighted by molar-refractivity contribution is -0.394. The molecule has 0 fully saturated rings. The molecule has 0 aliphatic rings. The van der Waals surface area contributed by atoms with Crippen LogP contribution in [0.2, 0.25) is 0 Å². The van der Waals surface area contributed by atoms with E-state index in [1.54, 1.807) is 0 Å². The van der Waals surface area contributed by atoms with Crippen LogP contribution in [0.3, 0.4) is 0 Å². The normalized spacial score (nSPS) is 10.1. The average molecular weight is 235 g/mol. The van der Waals surface area contributed by atoms with Gasteiger partial charge in [-0.25, -0.2) is 9.78 Å². The molecule has 0 bridgehead atoms.